The fourth-order valence-corrected chi connectivity index (χ4v) is 3.13. The van der Waals surface area contributed by atoms with Crippen molar-refractivity contribution in [3.8, 4) is 0 Å². The van der Waals surface area contributed by atoms with Gasteiger partial charge in [-0.05, 0) is 18.1 Å². The molecule has 2 aliphatic heterocycles. The van der Waals surface area contributed by atoms with Gasteiger partial charge < -0.3 is 4.74 Å². The van der Waals surface area contributed by atoms with Crippen LogP contribution in [0, 0.1) is 0 Å². The zero-order valence-corrected chi connectivity index (χ0v) is 12.1. The van der Waals surface area contributed by atoms with Crippen LogP contribution in [-0.4, -0.2) is 42.1 Å². The summed E-state index contributed by atoms with van der Waals surface area (Å²) in [7, 11) is 0. The molecule has 1 atom stereocenters. The number of ether oxygens (including phenoxy) is 1. The van der Waals surface area contributed by atoms with Gasteiger partial charge in [-0.2, -0.15) is 0 Å². The van der Waals surface area contributed by atoms with E-state index in [1.807, 2.05) is 12.1 Å². The van der Waals surface area contributed by atoms with E-state index in [1.54, 1.807) is 4.90 Å². The van der Waals surface area contributed by atoms with E-state index in [9.17, 15) is 8.78 Å². The zero-order valence-electron chi connectivity index (χ0n) is 11.2. The number of pyridine rings is 1. The van der Waals surface area contributed by atoms with Crippen molar-refractivity contribution in [2.24, 2.45) is 0 Å². The van der Waals surface area contributed by atoms with Gasteiger partial charge in [0.15, 0.2) is 0 Å². The molecule has 1 aromatic rings. The Bertz CT molecular complexity index is 492. The lowest BCUT2D eigenvalue weighted by molar-refractivity contribution is 0.0113. The molecule has 110 valence electrons. The summed E-state index contributed by atoms with van der Waals surface area (Å²) in [6.07, 6.45) is 0.909. The van der Waals surface area contributed by atoms with E-state index in [1.165, 1.54) is 0 Å². The van der Waals surface area contributed by atoms with Crippen molar-refractivity contribution < 1.29 is 13.5 Å². The van der Waals surface area contributed by atoms with Crippen LogP contribution < -0.4 is 0 Å². The number of hydrogen-bond donors (Lipinski definition) is 1. The maximum Gasteiger partial charge on any atom is 0.261 e. The van der Waals surface area contributed by atoms with Gasteiger partial charge in [-0.25, -0.2) is 13.8 Å². The van der Waals surface area contributed by atoms with Crippen molar-refractivity contribution in [1.29, 1.82) is 0 Å². The molecule has 3 heterocycles. The number of rotatable bonds is 3. The predicted molar refractivity (Wildman–Crippen MR) is 74.5 cm³/mol. The molecule has 0 amide bonds. The second-order valence-electron chi connectivity index (χ2n) is 5.58. The van der Waals surface area contributed by atoms with Gasteiger partial charge in [0.2, 0.25) is 0 Å². The Morgan fingerprint density at radius 3 is 2.95 bits per heavy atom. The van der Waals surface area contributed by atoms with Crippen LogP contribution in [0.1, 0.15) is 30.0 Å². The van der Waals surface area contributed by atoms with Crippen molar-refractivity contribution in [2.45, 2.75) is 36.3 Å². The lowest BCUT2D eigenvalue weighted by atomic mass is 9.97. The molecule has 2 aliphatic rings. The third kappa shape index (κ3) is 3.13. The Labute approximate surface area is 122 Å². The molecule has 1 aromatic heterocycles. The Hall–Kier alpha value is -0.720. The molecular weight excluding hydrogens is 282 g/mol. The Kier molecular flexibility index (Phi) is 3.97. The molecule has 0 radical (unpaired) electrons. The molecule has 0 spiro atoms. The van der Waals surface area contributed by atoms with Crippen molar-refractivity contribution >= 4 is 12.6 Å². The van der Waals surface area contributed by atoms with E-state index >= 15 is 0 Å². The minimum Gasteiger partial charge on any atom is -0.381 e. The summed E-state index contributed by atoms with van der Waals surface area (Å²) in [5.41, 5.74) is 1.99. The summed E-state index contributed by atoms with van der Waals surface area (Å²) in [5.74, 6) is -2.23. The van der Waals surface area contributed by atoms with Gasteiger partial charge in [-0.1, -0.05) is 6.07 Å². The summed E-state index contributed by atoms with van der Waals surface area (Å²) in [6.45, 7) is 2.17. The number of halogens is 2. The molecule has 6 heteroatoms. The first kappa shape index (κ1) is 14.2. The van der Waals surface area contributed by atoms with E-state index in [0.717, 1.165) is 24.3 Å². The lowest BCUT2D eigenvalue weighted by Crippen LogP contribution is -2.26. The van der Waals surface area contributed by atoms with E-state index in [0.29, 0.717) is 30.6 Å². The van der Waals surface area contributed by atoms with Crippen molar-refractivity contribution in [1.82, 2.24) is 9.88 Å². The number of likely N-dealkylation sites (tertiary alicyclic amines) is 1. The molecule has 0 aromatic carbocycles. The van der Waals surface area contributed by atoms with Gasteiger partial charge in [0, 0.05) is 32.0 Å². The highest BCUT2D eigenvalue weighted by atomic mass is 32.1. The fourth-order valence-electron chi connectivity index (χ4n) is 2.93. The molecule has 0 bridgehead atoms. The highest BCUT2D eigenvalue weighted by molar-refractivity contribution is 7.80. The molecule has 0 aliphatic carbocycles. The minimum absolute atomic E-state index is 0.0601. The van der Waals surface area contributed by atoms with E-state index in [2.05, 4.69) is 17.6 Å². The standard InChI is InChI=1S/C14H18F2N2OS/c15-14(16)4-5-18(9-14)7-12-11(1-2-13(20)17-12)10-3-6-19-8-10/h1-2,10H,3-9H2,(H,17,20)/t10-/m0/s1. The second-order valence-corrected chi connectivity index (χ2v) is 6.04. The number of nitrogens with zero attached hydrogens (tertiary/aromatic N) is 2. The topological polar surface area (TPSA) is 25.4 Å². The highest BCUT2D eigenvalue weighted by Gasteiger charge is 2.38. The summed E-state index contributed by atoms with van der Waals surface area (Å²) >= 11 is 4.27. The molecule has 2 fully saturated rings. The predicted octanol–water partition coefficient (Wildman–Crippen LogP) is 2.72. The van der Waals surface area contributed by atoms with Crippen LogP contribution in [0.3, 0.4) is 0 Å². The average Bonchev–Trinajstić information content (AvgIpc) is 2.99. The van der Waals surface area contributed by atoms with Gasteiger partial charge >= 0.3 is 0 Å². The minimum atomic E-state index is -2.56. The quantitative estimate of drug-likeness (QED) is 0.869. The summed E-state index contributed by atoms with van der Waals surface area (Å²) in [6, 6.07) is 3.87. The molecule has 0 unspecified atom stereocenters. The van der Waals surface area contributed by atoms with Crippen LogP contribution >= 0.6 is 12.6 Å². The highest BCUT2D eigenvalue weighted by Crippen LogP contribution is 2.31. The first-order valence-corrected chi connectivity index (χ1v) is 7.35. The van der Waals surface area contributed by atoms with Gasteiger partial charge in [-0.3, -0.25) is 4.90 Å². The number of aromatic nitrogens is 1. The molecule has 2 saturated heterocycles. The molecule has 3 nitrogen and oxygen atoms in total. The van der Waals surface area contributed by atoms with Crippen LogP contribution in [0.2, 0.25) is 0 Å². The van der Waals surface area contributed by atoms with Crippen LogP contribution in [0.15, 0.2) is 17.2 Å². The monoisotopic (exact) mass is 300 g/mol. The van der Waals surface area contributed by atoms with Crippen molar-refractivity contribution in [3.63, 3.8) is 0 Å². The van der Waals surface area contributed by atoms with E-state index < -0.39 is 5.92 Å². The van der Waals surface area contributed by atoms with Gasteiger partial charge in [0.05, 0.1) is 23.9 Å². The van der Waals surface area contributed by atoms with Crippen LogP contribution in [-0.2, 0) is 11.3 Å². The van der Waals surface area contributed by atoms with Crippen LogP contribution in [0.4, 0.5) is 8.78 Å². The van der Waals surface area contributed by atoms with Crippen LogP contribution in [0.5, 0.6) is 0 Å². The molecule has 3 rings (SSSR count). The number of hydrogen-bond acceptors (Lipinski definition) is 4. The molecule has 0 N–H and O–H groups in total. The molecule has 20 heavy (non-hydrogen) atoms. The Morgan fingerprint density at radius 1 is 1.45 bits per heavy atom. The van der Waals surface area contributed by atoms with Gasteiger partial charge in [-0.15, -0.1) is 12.6 Å². The number of thiol groups is 1. The van der Waals surface area contributed by atoms with Gasteiger partial charge in [0.25, 0.3) is 5.92 Å². The number of alkyl halides is 2. The first-order valence-electron chi connectivity index (χ1n) is 6.90. The van der Waals surface area contributed by atoms with Crippen LogP contribution in [0.25, 0.3) is 0 Å². The van der Waals surface area contributed by atoms with Crippen molar-refractivity contribution in [3.05, 3.63) is 23.4 Å². The van der Waals surface area contributed by atoms with E-state index in [4.69, 9.17) is 4.74 Å². The average molecular weight is 300 g/mol. The van der Waals surface area contributed by atoms with E-state index in [-0.39, 0.29) is 13.0 Å². The SMILES string of the molecule is FC1(F)CCN(Cc2nc(S)ccc2[C@H]2CCOC2)C1. The normalized spacial score (nSPS) is 26.2. The van der Waals surface area contributed by atoms with Gasteiger partial charge in [0.1, 0.15) is 0 Å². The first-order chi connectivity index (χ1) is 9.53. The smallest absolute Gasteiger partial charge is 0.261 e. The summed E-state index contributed by atoms with van der Waals surface area (Å²) in [4.78, 5) is 6.22. The fraction of sp³-hybridized carbons (Fsp3) is 0.643. The summed E-state index contributed by atoms with van der Waals surface area (Å²) in [5, 5.41) is 0.633. The lowest BCUT2D eigenvalue weighted by Gasteiger charge is -2.19. The second kappa shape index (κ2) is 5.58. The summed E-state index contributed by atoms with van der Waals surface area (Å²) < 4.78 is 32.0. The molecular formula is C14H18F2N2OS. The Balaban J connectivity index is 1.79. The third-order valence-corrected chi connectivity index (χ3v) is 4.24. The largest absolute Gasteiger partial charge is 0.381 e. The maximum absolute atomic E-state index is 13.3. The Morgan fingerprint density at radius 2 is 2.30 bits per heavy atom. The zero-order chi connectivity index (χ0) is 14.2. The third-order valence-electron chi connectivity index (χ3n) is 3.99. The van der Waals surface area contributed by atoms with Crippen molar-refractivity contribution in [2.75, 3.05) is 26.3 Å². The molecule has 0 saturated carbocycles. The maximum atomic E-state index is 13.3.